The molecule has 30 heavy (non-hydrogen) atoms. The molecule has 1 unspecified atom stereocenters. The predicted octanol–water partition coefficient (Wildman–Crippen LogP) is 2.12. The number of piperidine rings is 1. The molecular formula is C21H25FN6O2. The van der Waals surface area contributed by atoms with Gasteiger partial charge in [0, 0.05) is 25.3 Å². The summed E-state index contributed by atoms with van der Waals surface area (Å²) >= 11 is 0. The fourth-order valence-corrected chi connectivity index (χ4v) is 3.88. The van der Waals surface area contributed by atoms with Gasteiger partial charge in [-0.05, 0) is 49.4 Å². The van der Waals surface area contributed by atoms with Gasteiger partial charge in [-0.3, -0.25) is 4.79 Å². The van der Waals surface area contributed by atoms with Crippen LogP contribution in [0, 0.1) is 5.82 Å². The number of nitrogens with zero attached hydrogens (tertiary/aromatic N) is 5. The predicted molar refractivity (Wildman–Crippen MR) is 111 cm³/mol. The first-order chi connectivity index (χ1) is 14.5. The second kappa shape index (κ2) is 8.64. The van der Waals surface area contributed by atoms with Crippen LogP contribution in [0.4, 0.5) is 10.2 Å². The van der Waals surface area contributed by atoms with Crippen LogP contribution in [0.3, 0.4) is 0 Å². The number of hydrogen-bond donors (Lipinski definition) is 1. The van der Waals surface area contributed by atoms with E-state index in [1.165, 1.54) is 23.0 Å². The third-order valence-electron chi connectivity index (χ3n) is 5.53. The summed E-state index contributed by atoms with van der Waals surface area (Å²) in [5.41, 5.74) is 0.358. The molecule has 0 aliphatic carbocycles. The first-order valence-electron chi connectivity index (χ1n) is 10.3. The van der Waals surface area contributed by atoms with E-state index >= 15 is 0 Å². The van der Waals surface area contributed by atoms with E-state index in [0.717, 1.165) is 41.9 Å². The largest absolute Gasteiger partial charge is 0.353 e. The molecule has 4 rings (SSSR count). The van der Waals surface area contributed by atoms with Crippen molar-refractivity contribution in [2.75, 3.05) is 11.4 Å². The molecule has 1 saturated heterocycles. The Labute approximate surface area is 173 Å². The van der Waals surface area contributed by atoms with Gasteiger partial charge in [0.25, 0.3) is 5.78 Å². The zero-order valence-corrected chi connectivity index (χ0v) is 16.9. The number of anilines is 1. The van der Waals surface area contributed by atoms with Crippen LogP contribution in [-0.2, 0) is 17.9 Å². The van der Waals surface area contributed by atoms with Gasteiger partial charge in [-0.25, -0.2) is 18.3 Å². The lowest BCUT2D eigenvalue weighted by atomic mass is 10.0. The molecule has 1 aliphatic rings. The molecule has 8 nitrogen and oxygen atoms in total. The molecule has 1 amide bonds. The molecule has 158 valence electrons. The van der Waals surface area contributed by atoms with Crippen molar-refractivity contribution in [3.8, 4) is 0 Å². The number of amides is 1. The van der Waals surface area contributed by atoms with Crippen LogP contribution < -0.4 is 15.9 Å². The number of hydrogen-bond acceptors (Lipinski definition) is 5. The maximum Gasteiger partial charge on any atom is 0.352 e. The van der Waals surface area contributed by atoms with Crippen LogP contribution in [0.25, 0.3) is 5.78 Å². The molecule has 1 fully saturated rings. The normalized spacial score (nSPS) is 16.7. The van der Waals surface area contributed by atoms with E-state index in [-0.39, 0.29) is 30.6 Å². The van der Waals surface area contributed by atoms with Gasteiger partial charge in [-0.1, -0.05) is 19.1 Å². The summed E-state index contributed by atoms with van der Waals surface area (Å²) in [4.78, 5) is 31.7. The monoisotopic (exact) mass is 412 g/mol. The minimum Gasteiger partial charge on any atom is -0.353 e. The molecule has 0 bridgehead atoms. The zero-order valence-electron chi connectivity index (χ0n) is 16.9. The Morgan fingerprint density at radius 3 is 2.80 bits per heavy atom. The van der Waals surface area contributed by atoms with E-state index in [4.69, 9.17) is 0 Å². The minimum absolute atomic E-state index is 0.208. The van der Waals surface area contributed by atoms with Crippen molar-refractivity contribution in [3.05, 3.63) is 58.4 Å². The number of benzene rings is 1. The van der Waals surface area contributed by atoms with E-state index in [1.807, 2.05) is 6.07 Å². The Hall–Kier alpha value is -3.23. The van der Waals surface area contributed by atoms with E-state index in [2.05, 4.69) is 27.2 Å². The number of carbonyl (C=O) groups is 1. The number of fused-ring (bicyclic) bond motifs is 1. The molecule has 3 aromatic rings. The third kappa shape index (κ3) is 4.19. The van der Waals surface area contributed by atoms with Crippen LogP contribution in [0.5, 0.6) is 0 Å². The lowest BCUT2D eigenvalue weighted by molar-refractivity contribution is -0.122. The standard InChI is InChI=1S/C21H25FN6O2/c1-2-17-5-3-4-11-26(17)18-10-12-27-20(24-18)25-28(21(27)30)14-19(29)23-13-15-6-8-16(22)9-7-15/h6-10,12,17H,2-5,11,13-14H2,1H3,(H,23,29). The van der Waals surface area contributed by atoms with Crippen molar-refractivity contribution in [2.24, 2.45) is 0 Å². The number of carbonyl (C=O) groups excluding carboxylic acids is 1. The molecule has 0 saturated carbocycles. The van der Waals surface area contributed by atoms with Gasteiger partial charge in [0.05, 0.1) is 0 Å². The Kier molecular flexibility index (Phi) is 5.78. The molecule has 9 heteroatoms. The summed E-state index contributed by atoms with van der Waals surface area (Å²) in [6.07, 6.45) is 6.19. The zero-order chi connectivity index (χ0) is 21.1. The summed E-state index contributed by atoms with van der Waals surface area (Å²) in [6, 6.07) is 8.15. The van der Waals surface area contributed by atoms with Gasteiger partial charge >= 0.3 is 5.69 Å². The Morgan fingerprint density at radius 1 is 1.23 bits per heavy atom. The van der Waals surface area contributed by atoms with Crippen LogP contribution in [0.1, 0.15) is 38.2 Å². The fourth-order valence-electron chi connectivity index (χ4n) is 3.88. The summed E-state index contributed by atoms with van der Waals surface area (Å²) in [5, 5.41) is 6.96. The highest BCUT2D eigenvalue weighted by Gasteiger charge is 2.23. The van der Waals surface area contributed by atoms with Gasteiger partial charge in [0.2, 0.25) is 5.91 Å². The highest BCUT2D eigenvalue weighted by atomic mass is 19.1. The molecule has 1 N–H and O–H groups in total. The van der Waals surface area contributed by atoms with Crippen molar-refractivity contribution in [3.63, 3.8) is 0 Å². The average Bonchev–Trinajstić information content (AvgIpc) is 3.07. The molecule has 3 heterocycles. The maximum absolute atomic E-state index is 13.0. The summed E-state index contributed by atoms with van der Waals surface area (Å²) < 4.78 is 15.4. The van der Waals surface area contributed by atoms with E-state index in [1.54, 1.807) is 18.3 Å². The number of halogens is 1. The number of aromatic nitrogens is 4. The quantitative estimate of drug-likeness (QED) is 0.670. The lowest BCUT2D eigenvalue weighted by Gasteiger charge is -2.36. The van der Waals surface area contributed by atoms with Crippen molar-refractivity contribution < 1.29 is 9.18 Å². The van der Waals surface area contributed by atoms with Gasteiger partial charge in [0.1, 0.15) is 18.2 Å². The molecule has 1 aliphatic heterocycles. The fraction of sp³-hybridized carbons (Fsp3) is 0.429. The number of nitrogens with one attached hydrogen (secondary N) is 1. The Morgan fingerprint density at radius 2 is 2.03 bits per heavy atom. The topological polar surface area (TPSA) is 84.5 Å². The first-order valence-corrected chi connectivity index (χ1v) is 10.3. The van der Waals surface area contributed by atoms with Crippen molar-refractivity contribution in [2.45, 2.75) is 51.7 Å². The highest BCUT2D eigenvalue weighted by molar-refractivity contribution is 5.75. The van der Waals surface area contributed by atoms with Gasteiger partial charge in [-0.15, -0.1) is 5.10 Å². The van der Waals surface area contributed by atoms with Crippen molar-refractivity contribution >= 4 is 17.5 Å². The lowest BCUT2D eigenvalue weighted by Crippen LogP contribution is -2.39. The van der Waals surface area contributed by atoms with Gasteiger partial charge in [0.15, 0.2) is 0 Å². The molecule has 0 radical (unpaired) electrons. The van der Waals surface area contributed by atoms with E-state index in [9.17, 15) is 14.0 Å². The van der Waals surface area contributed by atoms with Crippen molar-refractivity contribution in [1.82, 2.24) is 24.5 Å². The average molecular weight is 412 g/mol. The highest BCUT2D eigenvalue weighted by Crippen LogP contribution is 2.24. The Balaban J connectivity index is 1.48. The minimum atomic E-state index is -0.410. The Bertz CT molecular complexity index is 1090. The molecule has 1 atom stereocenters. The van der Waals surface area contributed by atoms with E-state index in [0.29, 0.717) is 6.04 Å². The smallest absolute Gasteiger partial charge is 0.352 e. The molecule has 1 aromatic carbocycles. The molecule has 0 spiro atoms. The SMILES string of the molecule is CCC1CCCCN1c1ccn2c(=O)n(CC(=O)NCc3ccc(F)cc3)nc2n1. The molecule has 2 aromatic heterocycles. The van der Waals surface area contributed by atoms with Crippen LogP contribution in [-0.4, -0.2) is 37.7 Å². The second-order valence-electron chi connectivity index (χ2n) is 7.55. The van der Waals surface area contributed by atoms with Crippen LogP contribution in [0.2, 0.25) is 0 Å². The van der Waals surface area contributed by atoms with E-state index < -0.39 is 5.69 Å². The summed E-state index contributed by atoms with van der Waals surface area (Å²) in [7, 11) is 0. The maximum atomic E-state index is 13.0. The number of rotatable bonds is 6. The second-order valence-corrected chi connectivity index (χ2v) is 7.55. The van der Waals surface area contributed by atoms with Gasteiger partial charge in [-0.2, -0.15) is 4.98 Å². The van der Waals surface area contributed by atoms with Crippen LogP contribution >= 0.6 is 0 Å². The molecular weight excluding hydrogens is 387 g/mol. The summed E-state index contributed by atoms with van der Waals surface area (Å²) in [6.45, 7) is 3.15. The summed E-state index contributed by atoms with van der Waals surface area (Å²) in [5.74, 6) is 0.409. The first kappa shape index (κ1) is 20.1. The van der Waals surface area contributed by atoms with Gasteiger partial charge < -0.3 is 10.2 Å². The van der Waals surface area contributed by atoms with Crippen LogP contribution in [0.15, 0.2) is 41.3 Å². The third-order valence-corrected chi connectivity index (χ3v) is 5.53. The van der Waals surface area contributed by atoms with Crippen molar-refractivity contribution in [1.29, 1.82) is 0 Å².